The molecule has 0 fully saturated rings. The zero-order valence-electron chi connectivity index (χ0n) is 15.5. The van der Waals surface area contributed by atoms with Crippen LogP contribution < -0.4 is 11.2 Å². The molecule has 1 aromatic carbocycles. The van der Waals surface area contributed by atoms with Crippen molar-refractivity contribution in [3.8, 4) is 0 Å². The summed E-state index contributed by atoms with van der Waals surface area (Å²) in [6, 6.07) is 9.22. The summed E-state index contributed by atoms with van der Waals surface area (Å²) in [5.41, 5.74) is 1.01. The zero-order valence-corrected chi connectivity index (χ0v) is 16.3. The molecule has 0 aliphatic rings. The number of hydrogen-bond donors (Lipinski definition) is 1. The second-order valence-electron chi connectivity index (χ2n) is 6.90. The molecular weight excluding hydrogens is 364 g/mol. The van der Waals surface area contributed by atoms with E-state index in [-0.39, 0.29) is 17.3 Å². The van der Waals surface area contributed by atoms with Crippen LogP contribution in [0.25, 0.3) is 21.3 Å². The highest BCUT2D eigenvalue weighted by molar-refractivity contribution is 7.18. The molecule has 8 heteroatoms. The van der Waals surface area contributed by atoms with Gasteiger partial charge in [-0.05, 0) is 32.0 Å². The molecule has 140 valence electrons. The molecule has 3 heterocycles. The van der Waals surface area contributed by atoms with Gasteiger partial charge < -0.3 is 9.67 Å². The number of aryl methyl sites for hydroxylation is 1. The summed E-state index contributed by atoms with van der Waals surface area (Å²) in [5.74, 6) is 0.498. The van der Waals surface area contributed by atoms with E-state index in [1.54, 1.807) is 10.6 Å². The fraction of sp³-hybridized carbons (Fsp3) is 0.316. The van der Waals surface area contributed by atoms with Crippen molar-refractivity contribution in [2.24, 2.45) is 14.1 Å². The number of para-hydroxylation sites is 2. The number of benzene rings is 1. The van der Waals surface area contributed by atoms with Gasteiger partial charge in [-0.15, -0.1) is 11.3 Å². The minimum Gasteiger partial charge on any atom is -0.380 e. The van der Waals surface area contributed by atoms with Gasteiger partial charge in [0.2, 0.25) is 0 Å². The summed E-state index contributed by atoms with van der Waals surface area (Å²) in [7, 11) is 3.33. The second-order valence-corrected chi connectivity index (χ2v) is 7.96. The van der Waals surface area contributed by atoms with E-state index in [0.29, 0.717) is 20.9 Å². The molecule has 0 spiro atoms. The Kier molecular flexibility index (Phi) is 4.05. The van der Waals surface area contributed by atoms with Crippen LogP contribution >= 0.6 is 11.3 Å². The van der Waals surface area contributed by atoms with Gasteiger partial charge in [0.05, 0.1) is 16.4 Å². The van der Waals surface area contributed by atoms with Gasteiger partial charge in [0.25, 0.3) is 5.56 Å². The van der Waals surface area contributed by atoms with E-state index in [2.05, 4.69) is 4.98 Å². The lowest BCUT2D eigenvalue weighted by Gasteiger charge is -2.12. The van der Waals surface area contributed by atoms with Crippen molar-refractivity contribution in [3.05, 3.63) is 61.9 Å². The van der Waals surface area contributed by atoms with E-state index in [1.165, 1.54) is 18.4 Å². The summed E-state index contributed by atoms with van der Waals surface area (Å²) in [6.45, 7) is 3.79. The first-order chi connectivity index (χ1) is 12.8. The van der Waals surface area contributed by atoms with Crippen LogP contribution in [0.4, 0.5) is 0 Å². The number of aliphatic hydroxyl groups is 1. The second kappa shape index (κ2) is 6.17. The molecule has 1 N–H and O–H groups in total. The molecule has 0 aliphatic heterocycles. The Labute approximate surface area is 158 Å². The smallest absolute Gasteiger partial charge is 0.332 e. The Bertz CT molecular complexity index is 1290. The van der Waals surface area contributed by atoms with Gasteiger partial charge >= 0.3 is 5.69 Å². The van der Waals surface area contributed by atoms with E-state index in [0.717, 1.165) is 15.6 Å². The third kappa shape index (κ3) is 2.55. The molecule has 1 unspecified atom stereocenters. The maximum Gasteiger partial charge on any atom is 0.332 e. The number of hydrogen-bond acceptors (Lipinski definition) is 5. The van der Waals surface area contributed by atoms with Gasteiger partial charge in [0, 0.05) is 25.0 Å². The fourth-order valence-electron chi connectivity index (χ4n) is 3.37. The molecule has 3 aromatic heterocycles. The van der Waals surface area contributed by atoms with Crippen molar-refractivity contribution < 1.29 is 5.11 Å². The van der Waals surface area contributed by atoms with Crippen molar-refractivity contribution in [1.29, 1.82) is 0 Å². The predicted molar refractivity (Wildman–Crippen MR) is 106 cm³/mol. The van der Waals surface area contributed by atoms with Gasteiger partial charge in [-0.25, -0.2) is 9.78 Å². The molecule has 4 aromatic rings. The van der Waals surface area contributed by atoms with Gasteiger partial charge in [0.1, 0.15) is 16.8 Å². The molecule has 4 rings (SSSR count). The Balaban J connectivity index is 1.95. The van der Waals surface area contributed by atoms with Crippen LogP contribution in [0.2, 0.25) is 0 Å². The normalized spacial score (nSPS) is 13.1. The first-order valence-corrected chi connectivity index (χ1v) is 9.47. The van der Waals surface area contributed by atoms with Crippen molar-refractivity contribution in [3.63, 3.8) is 0 Å². The quantitative estimate of drug-likeness (QED) is 0.588. The highest BCUT2D eigenvalue weighted by Gasteiger charge is 2.23. The van der Waals surface area contributed by atoms with E-state index in [1.807, 2.05) is 49.7 Å². The molecule has 0 saturated heterocycles. The van der Waals surface area contributed by atoms with Gasteiger partial charge in [0.15, 0.2) is 0 Å². The van der Waals surface area contributed by atoms with E-state index in [9.17, 15) is 14.7 Å². The third-order valence-electron chi connectivity index (χ3n) is 4.83. The lowest BCUT2D eigenvalue weighted by Crippen LogP contribution is -2.38. The number of aliphatic hydroxyl groups excluding tert-OH is 1. The monoisotopic (exact) mass is 384 g/mol. The molecule has 7 nitrogen and oxygen atoms in total. The number of fused-ring (bicyclic) bond motifs is 2. The molecule has 0 radical (unpaired) electrons. The van der Waals surface area contributed by atoms with E-state index < -0.39 is 6.10 Å². The van der Waals surface area contributed by atoms with Crippen molar-refractivity contribution in [2.75, 3.05) is 0 Å². The van der Waals surface area contributed by atoms with Crippen LogP contribution in [0.15, 0.2) is 39.9 Å². The number of nitrogens with zero attached hydrogens (tertiary/aromatic N) is 4. The minimum atomic E-state index is -0.986. The van der Waals surface area contributed by atoms with Crippen LogP contribution in [0.5, 0.6) is 0 Å². The maximum absolute atomic E-state index is 12.6. The first kappa shape index (κ1) is 17.7. The summed E-state index contributed by atoms with van der Waals surface area (Å²) in [5, 5.41) is 11.4. The summed E-state index contributed by atoms with van der Waals surface area (Å²) in [4.78, 5) is 30.8. The molecule has 0 saturated carbocycles. The topological polar surface area (TPSA) is 82.1 Å². The number of thiophene rings is 1. The lowest BCUT2D eigenvalue weighted by molar-refractivity contribution is 0.210. The fourth-order valence-corrected chi connectivity index (χ4v) is 4.63. The Hall–Kier alpha value is -2.71. The van der Waals surface area contributed by atoms with Crippen molar-refractivity contribution >= 4 is 32.6 Å². The average Bonchev–Trinajstić information content (AvgIpc) is 3.22. The van der Waals surface area contributed by atoms with Gasteiger partial charge in [-0.2, -0.15) is 0 Å². The van der Waals surface area contributed by atoms with Crippen LogP contribution in [-0.2, 0) is 14.1 Å². The Morgan fingerprint density at radius 1 is 1.11 bits per heavy atom. The standard InChI is InChI=1S/C19H20N4O3S/c1-10(2)23-18-11(17(25)22(4)19(23)26)9-14(27-18)15(24)16-20-12-7-5-6-8-13(12)21(16)3/h5-10,15,24H,1-4H3. The molecule has 0 bridgehead atoms. The van der Waals surface area contributed by atoms with Crippen LogP contribution in [-0.4, -0.2) is 23.8 Å². The molecule has 1 atom stereocenters. The van der Waals surface area contributed by atoms with E-state index in [4.69, 9.17) is 0 Å². The largest absolute Gasteiger partial charge is 0.380 e. The van der Waals surface area contributed by atoms with Gasteiger partial charge in [-0.1, -0.05) is 12.1 Å². The molecule has 0 aliphatic carbocycles. The Morgan fingerprint density at radius 2 is 1.81 bits per heavy atom. The summed E-state index contributed by atoms with van der Waals surface area (Å²) in [6.07, 6.45) is -0.986. The van der Waals surface area contributed by atoms with Crippen LogP contribution in [0, 0.1) is 0 Å². The van der Waals surface area contributed by atoms with E-state index >= 15 is 0 Å². The summed E-state index contributed by atoms with van der Waals surface area (Å²) < 4.78 is 4.55. The molecule has 27 heavy (non-hydrogen) atoms. The number of rotatable bonds is 3. The maximum atomic E-state index is 12.6. The predicted octanol–water partition coefficient (Wildman–Crippen LogP) is 2.31. The summed E-state index contributed by atoms with van der Waals surface area (Å²) >= 11 is 1.26. The number of imidazole rings is 1. The lowest BCUT2D eigenvalue weighted by atomic mass is 10.2. The molecule has 0 amide bonds. The highest BCUT2D eigenvalue weighted by atomic mass is 32.1. The average molecular weight is 384 g/mol. The Morgan fingerprint density at radius 3 is 2.48 bits per heavy atom. The first-order valence-electron chi connectivity index (χ1n) is 8.65. The number of aromatic nitrogens is 4. The highest BCUT2D eigenvalue weighted by Crippen LogP contribution is 2.32. The van der Waals surface area contributed by atoms with Gasteiger partial charge in [-0.3, -0.25) is 13.9 Å². The van der Waals surface area contributed by atoms with Crippen molar-refractivity contribution in [2.45, 2.75) is 26.0 Å². The van der Waals surface area contributed by atoms with Crippen LogP contribution in [0.3, 0.4) is 0 Å². The minimum absolute atomic E-state index is 0.105. The zero-order chi connectivity index (χ0) is 19.5. The third-order valence-corrected chi connectivity index (χ3v) is 6.02. The van der Waals surface area contributed by atoms with Crippen molar-refractivity contribution in [1.82, 2.24) is 18.7 Å². The SMILES string of the molecule is CC(C)n1c(=O)n(C)c(=O)c2cc(C(O)c3nc4ccccc4n3C)sc21. The van der Waals surface area contributed by atoms with Crippen LogP contribution in [0.1, 0.15) is 36.7 Å². The molecular formula is C19H20N4O3S.